The summed E-state index contributed by atoms with van der Waals surface area (Å²) in [5, 5.41) is 6.57. The molecule has 3 aromatic rings. The van der Waals surface area contributed by atoms with Gasteiger partial charge in [0.25, 0.3) is 5.91 Å². The number of rotatable bonds is 7. The highest BCUT2D eigenvalue weighted by Crippen LogP contribution is 2.37. The second kappa shape index (κ2) is 10.5. The summed E-state index contributed by atoms with van der Waals surface area (Å²) < 4.78 is 11.6. The second-order valence-corrected chi connectivity index (χ2v) is 10.8. The maximum absolute atomic E-state index is 13.2. The zero-order chi connectivity index (χ0) is 24.4. The number of nitrogens with one attached hydrogen (secondary N) is 2. The van der Waals surface area contributed by atoms with Crippen molar-refractivity contribution in [3.63, 3.8) is 0 Å². The molecule has 1 saturated heterocycles. The maximum Gasteiger partial charge on any atom is 0.293 e. The van der Waals surface area contributed by atoms with E-state index in [1.165, 1.54) is 23.2 Å². The predicted octanol–water partition coefficient (Wildman–Crippen LogP) is 4.57. The predicted molar refractivity (Wildman–Crippen MR) is 137 cm³/mol. The zero-order valence-corrected chi connectivity index (χ0v) is 21.8. The van der Waals surface area contributed by atoms with Gasteiger partial charge in [-0.1, -0.05) is 15.9 Å². The van der Waals surface area contributed by atoms with Crippen molar-refractivity contribution in [2.45, 2.75) is 44.2 Å². The van der Waals surface area contributed by atoms with Gasteiger partial charge in [0, 0.05) is 35.0 Å². The molecule has 1 aromatic carbocycles. The van der Waals surface area contributed by atoms with E-state index in [0.717, 1.165) is 66.1 Å². The number of nitrogens with zero attached hydrogens (tertiary/aromatic N) is 2. The van der Waals surface area contributed by atoms with E-state index in [0.29, 0.717) is 5.13 Å². The first-order valence-corrected chi connectivity index (χ1v) is 13.3. The minimum atomic E-state index is -0.337. The number of likely N-dealkylation sites (tertiary alicyclic amines) is 1. The number of carbonyl (C=O) groups is 2. The summed E-state index contributed by atoms with van der Waals surface area (Å²) in [6, 6.07) is 9.37. The van der Waals surface area contributed by atoms with Crippen LogP contribution in [0.1, 0.15) is 51.9 Å². The zero-order valence-electron chi connectivity index (χ0n) is 19.4. The molecule has 2 N–H and O–H groups in total. The largest absolute Gasteiger partial charge is 0.497 e. The summed E-state index contributed by atoms with van der Waals surface area (Å²) in [6.45, 7) is 2.52. The monoisotopic (exact) mass is 558 g/mol. The number of anilines is 1. The van der Waals surface area contributed by atoms with Crippen LogP contribution in [0.3, 0.4) is 0 Å². The lowest BCUT2D eigenvalue weighted by Crippen LogP contribution is -2.40. The third-order valence-corrected chi connectivity index (χ3v) is 8.32. The van der Waals surface area contributed by atoms with Crippen molar-refractivity contribution < 1.29 is 18.7 Å². The number of aryl methyl sites for hydroxylation is 1. The number of thiazole rings is 1. The highest BCUT2D eigenvalue weighted by atomic mass is 79.9. The molecular formula is C25H27BrN4O4S. The van der Waals surface area contributed by atoms with Gasteiger partial charge in [-0.25, -0.2) is 4.98 Å². The molecule has 0 radical (unpaired) electrons. The van der Waals surface area contributed by atoms with Gasteiger partial charge in [0.05, 0.1) is 25.0 Å². The van der Waals surface area contributed by atoms with Crippen LogP contribution in [0.2, 0.25) is 0 Å². The van der Waals surface area contributed by atoms with Gasteiger partial charge >= 0.3 is 0 Å². The van der Waals surface area contributed by atoms with Crippen LogP contribution in [0.5, 0.6) is 5.75 Å². The fourth-order valence-electron chi connectivity index (χ4n) is 4.73. The van der Waals surface area contributed by atoms with Gasteiger partial charge in [-0.05, 0) is 61.6 Å². The van der Waals surface area contributed by atoms with Crippen LogP contribution < -0.4 is 15.4 Å². The molecule has 3 heterocycles. The number of methoxy groups -OCH3 is 1. The van der Waals surface area contributed by atoms with Gasteiger partial charge in [-0.2, -0.15) is 0 Å². The lowest BCUT2D eigenvalue weighted by atomic mass is 9.90. The first-order valence-electron chi connectivity index (χ1n) is 11.7. The average Bonchev–Trinajstić information content (AvgIpc) is 3.61. The first kappa shape index (κ1) is 24.0. The molecule has 8 nitrogen and oxygen atoms in total. The number of hydrogen-bond donors (Lipinski definition) is 2. The second-order valence-electron chi connectivity index (χ2n) is 8.89. The molecule has 2 amide bonds. The fourth-order valence-corrected chi connectivity index (χ4v) is 6.16. The molecule has 1 aliphatic heterocycles. The van der Waals surface area contributed by atoms with Crippen molar-refractivity contribution >= 4 is 44.2 Å². The lowest BCUT2D eigenvalue weighted by molar-refractivity contribution is -0.123. The molecule has 2 unspecified atom stereocenters. The molecule has 1 aliphatic carbocycles. The van der Waals surface area contributed by atoms with Crippen LogP contribution in [0.15, 0.2) is 45.5 Å². The number of carbonyl (C=O) groups excluding carboxylic acids is 2. The Morgan fingerprint density at radius 3 is 3.00 bits per heavy atom. The molecule has 10 heteroatoms. The maximum atomic E-state index is 13.2. The Balaban J connectivity index is 1.20. The van der Waals surface area contributed by atoms with Crippen LogP contribution in [0.4, 0.5) is 5.13 Å². The molecule has 2 aliphatic rings. The van der Waals surface area contributed by atoms with Gasteiger partial charge in [-0.15, -0.1) is 11.3 Å². The van der Waals surface area contributed by atoms with E-state index in [4.69, 9.17) is 9.15 Å². The highest BCUT2D eigenvalue weighted by Gasteiger charge is 2.33. The molecule has 184 valence electrons. The van der Waals surface area contributed by atoms with Gasteiger partial charge < -0.3 is 14.5 Å². The smallest absolute Gasteiger partial charge is 0.293 e. The Morgan fingerprint density at radius 1 is 1.31 bits per heavy atom. The van der Waals surface area contributed by atoms with Crippen LogP contribution >= 0.6 is 27.3 Å². The fraction of sp³-hybridized carbons (Fsp3) is 0.400. The number of ether oxygens (including phenoxy) is 1. The van der Waals surface area contributed by atoms with Gasteiger partial charge in [-0.3, -0.25) is 19.8 Å². The van der Waals surface area contributed by atoms with Crippen LogP contribution in [0.25, 0.3) is 0 Å². The number of hydrogen-bond acceptors (Lipinski definition) is 7. The molecule has 0 bridgehead atoms. The summed E-state index contributed by atoms with van der Waals surface area (Å²) in [6.07, 6.45) is 4.94. The standard InChI is InChI=1S/C25H27BrN4O4S/c1-33-17-7-8-19(26)15(12-17)13-30-10-9-16(14-30)27-23(31)18-4-2-6-21-22(18)28-25(35-21)29-24(32)20-5-3-11-34-20/h3,5,7-8,11-12,16,18H,2,4,6,9-10,13-14H2,1H3,(H,27,31)(H,28,29,32). The highest BCUT2D eigenvalue weighted by molar-refractivity contribution is 9.10. The Hall–Kier alpha value is -2.69. The number of amides is 2. The number of fused-ring (bicyclic) bond motifs is 1. The molecule has 2 atom stereocenters. The SMILES string of the molecule is COc1ccc(Br)c(CN2CCC(NC(=O)C3CCCc4sc(NC(=O)c5ccco5)nc43)C2)c1. The quantitative estimate of drug-likeness (QED) is 0.441. The summed E-state index contributed by atoms with van der Waals surface area (Å²) in [7, 11) is 1.67. The van der Waals surface area contributed by atoms with Crippen molar-refractivity contribution in [3.05, 3.63) is 63.0 Å². The van der Waals surface area contributed by atoms with Gasteiger partial charge in [0.2, 0.25) is 5.91 Å². The van der Waals surface area contributed by atoms with E-state index in [2.05, 4.69) is 36.4 Å². The topological polar surface area (TPSA) is 96.7 Å². The minimum Gasteiger partial charge on any atom is -0.497 e. The van der Waals surface area contributed by atoms with E-state index < -0.39 is 0 Å². The van der Waals surface area contributed by atoms with Crippen molar-refractivity contribution in [1.82, 2.24) is 15.2 Å². The minimum absolute atomic E-state index is 0.0228. The van der Waals surface area contributed by atoms with Crippen LogP contribution in [-0.4, -0.2) is 47.9 Å². The van der Waals surface area contributed by atoms with E-state index >= 15 is 0 Å². The number of furan rings is 1. The Labute approximate surface area is 216 Å². The van der Waals surface area contributed by atoms with Crippen molar-refractivity contribution in [1.29, 1.82) is 0 Å². The number of halogens is 1. The van der Waals surface area contributed by atoms with E-state index in [9.17, 15) is 9.59 Å². The van der Waals surface area contributed by atoms with Gasteiger partial charge in [0.15, 0.2) is 10.9 Å². The average molecular weight is 559 g/mol. The molecule has 2 aromatic heterocycles. The lowest BCUT2D eigenvalue weighted by Gasteiger charge is -2.23. The molecule has 0 saturated carbocycles. The molecule has 5 rings (SSSR count). The van der Waals surface area contributed by atoms with E-state index in [-0.39, 0.29) is 29.5 Å². The number of benzene rings is 1. The van der Waals surface area contributed by atoms with Crippen molar-refractivity contribution in [3.8, 4) is 5.75 Å². The Bertz CT molecular complexity index is 1210. The molecule has 0 spiro atoms. The summed E-state index contributed by atoms with van der Waals surface area (Å²) in [4.78, 5) is 33.6. The Kier molecular flexibility index (Phi) is 7.22. The molecular weight excluding hydrogens is 532 g/mol. The summed E-state index contributed by atoms with van der Waals surface area (Å²) >= 11 is 5.07. The number of aromatic nitrogens is 1. The Morgan fingerprint density at radius 2 is 2.20 bits per heavy atom. The third kappa shape index (κ3) is 5.44. The van der Waals surface area contributed by atoms with Crippen molar-refractivity contribution in [2.75, 3.05) is 25.5 Å². The van der Waals surface area contributed by atoms with Crippen LogP contribution in [-0.2, 0) is 17.8 Å². The first-order chi connectivity index (χ1) is 17.0. The summed E-state index contributed by atoms with van der Waals surface area (Å²) in [5.41, 5.74) is 1.96. The van der Waals surface area contributed by atoms with E-state index in [1.807, 2.05) is 18.2 Å². The van der Waals surface area contributed by atoms with Crippen molar-refractivity contribution in [2.24, 2.45) is 0 Å². The molecule has 1 fully saturated rings. The van der Waals surface area contributed by atoms with Crippen LogP contribution in [0, 0.1) is 0 Å². The normalized spacial score (nSPS) is 19.8. The summed E-state index contributed by atoms with van der Waals surface area (Å²) in [5.74, 6) is 0.471. The third-order valence-electron chi connectivity index (χ3n) is 6.50. The van der Waals surface area contributed by atoms with E-state index in [1.54, 1.807) is 19.2 Å². The van der Waals surface area contributed by atoms with Gasteiger partial charge in [0.1, 0.15) is 5.75 Å². The molecule has 35 heavy (non-hydrogen) atoms.